The predicted octanol–water partition coefficient (Wildman–Crippen LogP) is 1.81. The predicted molar refractivity (Wildman–Crippen MR) is 101 cm³/mol. The first-order valence-corrected chi connectivity index (χ1v) is 9.79. The van der Waals surface area contributed by atoms with E-state index in [1.54, 1.807) is 25.6 Å². The van der Waals surface area contributed by atoms with E-state index in [0.717, 1.165) is 17.9 Å². The molecule has 0 bridgehead atoms. The number of hydrogen-bond donors (Lipinski definition) is 3. The Morgan fingerprint density at radius 3 is 2.33 bits per heavy atom. The number of ether oxygens (including phenoxy) is 1. The van der Waals surface area contributed by atoms with Crippen LogP contribution in [0.4, 0.5) is 0 Å². The van der Waals surface area contributed by atoms with Gasteiger partial charge in [0.2, 0.25) is 11.8 Å². The van der Waals surface area contributed by atoms with E-state index in [2.05, 4.69) is 17.6 Å². The zero-order valence-electron chi connectivity index (χ0n) is 16.1. The summed E-state index contributed by atoms with van der Waals surface area (Å²) in [4.78, 5) is 23.4. The summed E-state index contributed by atoms with van der Waals surface area (Å²) >= 11 is 1.81. The van der Waals surface area contributed by atoms with Crippen molar-refractivity contribution in [3.05, 3.63) is 0 Å². The molecule has 7 heteroatoms. The van der Waals surface area contributed by atoms with Crippen LogP contribution in [-0.4, -0.2) is 61.3 Å². The lowest BCUT2D eigenvalue weighted by atomic mass is 9.87. The molecule has 0 rings (SSSR count). The van der Waals surface area contributed by atoms with E-state index in [9.17, 15) is 14.7 Å². The van der Waals surface area contributed by atoms with Crippen molar-refractivity contribution < 1.29 is 19.4 Å². The molecular weight excluding hydrogens is 328 g/mol. The first kappa shape index (κ1) is 25.5. The van der Waals surface area contributed by atoms with Crippen LogP contribution in [0, 0.1) is 5.41 Å². The lowest BCUT2D eigenvalue weighted by Gasteiger charge is -2.28. The smallest absolute Gasteiger partial charge is 0.249 e. The van der Waals surface area contributed by atoms with Gasteiger partial charge in [-0.1, -0.05) is 34.6 Å². The van der Waals surface area contributed by atoms with E-state index in [4.69, 9.17) is 4.74 Å². The van der Waals surface area contributed by atoms with Gasteiger partial charge >= 0.3 is 0 Å². The fourth-order valence-corrected chi connectivity index (χ4v) is 2.54. The van der Waals surface area contributed by atoms with Crippen LogP contribution in [0.2, 0.25) is 0 Å². The van der Waals surface area contributed by atoms with E-state index in [1.807, 2.05) is 13.8 Å². The highest BCUT2D eigenvalue weighted by atomic mass is 32.2. The maximum absolute atomic E-state index is 11.8. The van der Waals surface area contributed by atoms with Crippen molar-refractivity contribution >= 4 is 23.6 Å². The van der Waals surface area contributed by atoms with E-state index in [1.165, 1.54) is 7.11 Å². The number of aliphatic hydroxyl groups is 1. The molecule has 0 aliphatic rings. The maximum atomic E-state index is 11.8. The van der Waals surface area contributed by atoms with Gasteiger partial charge in [-0.25, -0.2) is 0 Å². The monoisotopic (exact) mass is 364 g/mol. The Kier molecular flexibility index (Phi) is 16.7. The minimum atomic E-state index is -1.17. The number of hydrogen-bond acceptors (Lipinski definition) is 5. The van der Waals surface area contributed by atoms with Crippen LogP contribution in [0.1, 0.15) is 47.5 Å². The van der Waals surface area contributed by atoms with Crippen molar-refractivity contribution in [2.24, 2.45) is 5.41 Å². The Balaban J connectivity index is 0. The van der Waals surface area contributed by atoms with Crippen LogP contribution in [0.3, 0.4) is 0 Å². The van der Waals surface area contributed by atoms with E-state index in [0.29, 0.717) is 6.54 Å². The number of thioether (sulfide) groups is 1. The largest absolute Gasteiger partial charge is 0.384 e. The quantitative estimate of drug-likeness (QED) is 0.460. The molecule has 0 radical (unpaired) electrons. The van der Waals surface area contributed by atoms with Crippen molar-refractivity contribution in [1.82, 2.24) is 10.6 Å². The van der Waals surface area contributed by atoms with Gasteiger partial charge in [0, 0.05) is 37.8 Å². The molecule has 0 aliphatic heterocycles. The van der Waals surface area contributed by atoms with Gasteiger partial charge in [0.15, 0.2) is 0 Å². The summed E-state index contributed by atoms with van der Waals surface area (Å²) in [6, 6.07) is 0. The first-order valence-electron chi connectivity index (χ1n) is 8.64. The minimum absolute atomic E-state index is 0.0944. The topological polar surface area (TPSA) is 87.7 Å². The number of carbonyl (C=O) groups is 2. The molecular formula is C17H36N2O4S. The van der Waals surface area contributed by atoms with Crippen LogP contribution >= 0.6 is 11.8 Å². The summed E-state index contributed by atoms with van der Waals surface area (Å²) in [6.45, 7) is 10.8. The zero-order chi connectivity index (χ0) is 19.0. The number of amides is 2. The van der Waals surface area contributed by atoms with Gasteiger partial charge in [-0.2, -0.15) is 11.8 Å². The normalized spacial score (nSPS) is 12.0. The fraction of sp³-hybridized carbons (Fsp3) is 0.882. The SMILES string of the molecule is CC.CCCSCCNC(=O)CCNC(=O)C(O)C(C)(C)COC. The lowest BCUT2D eigenvalue weighted by Crippen LogP contribution is -2.46. The summed E-state index contributed by atoms with van der Waals surface area (Å²) < 4.78 is 4.99. The Morgan fingerprint density at radius 2 is 1.79 bits per heavy atom. The maximum Gasteiger partial charge on any atom is 0.249 e. The molecule has 0 spiro atoms. The fourth-order valence-electron chi connectivity index (χ4n) is 1.80. The highest BCUT2D eigenvalue weighted by Gasteiger charge is 2.33. The molecule has 0 aliphatic carbocycles. The second kappa shape index (κ2) is 15.7. The van der Waals surface area contributed by atoms with Gasteiger partial charge in [0.05, 0.1) is 6.61 Å². The van der Waals surface area contributed by atoms with Crippen LogP contribution in [-0.2, 0) is 14.3 Å². The third kappa shape index (κ3) is 12.6. The Hall–Kier alpha value is -0.790. The van der Waals surface area contributed by atoms with Crippen molar-refractivity contribution in [2.75, 3.05) is 38.3 Å². The highest BCUT2D eigenvalue weighted by molar-refractivity contribution is 7.99. The summed E-state index contributed by atoms with van der Waals surface area (Å²) in [5, 5.41) is 15.3. The number of methoxy groups -OCH3 is 1. The second-order valence-corrected chi connectivity index (χ2v) is 7.05. The van der Waals surface area contributed by atoms with Crippen LogP contribution < -0.4 is 10.6 Å². The molecule has 0 saturated carbocycles. The summed E-state index contributed by atoms with van der Waals surface area (Å²) in [5.41, 5.74) is -0.669. The third-order valence-electron chi connectivity index (χ3n) is 3.07. The van der Waals surface area contributed by atoms with Crippen LogP contribution in [0.15, 0.2) is 0 Å². The van der Waals surface area contributed by atoms with Gasteiger partial charge in [-0.05, 0) is 12.2 Å². The van der Waals surface area contributed by atoms with Crippen LogP contribution in [0.5, 0.6) is 0 Å². The second-order valence-electron chi connectivity index (χ2n) is 5.83. The number of aliphatic hydroxyl groups excluding tert-OH is 1. The van der Waals surface area contributed by atoms with Crippen molar-refractivity contribution in [2.45, 2.75) is 53.6 Å². The lowest BCUT2D eigenvalue weighted by molar-refractivity contribution is -0.137. The molecule has 0 aromatic heterocycles. The van der Waals surface area contributed by atoms with Gasteiger partial charge in [0.25, 0.3) is 0 Å². The van der Waals surface area contributed by atoms with E-state index >= 15 is 0 Å². The van der Waals surface area contributed by atoms with Gasteiger partial charge in [-0.15, -0.1) is 0 Å². The Morgan fingerprint density at radius 1 is 1.17 bits per heavy atom. The average molecular weight is 365 g/mol. The molecule has 2 amide bonds. The number of nitrogens with one attached hydrogen (secondary N) is 2. The third-order valence-corrected chi connectivity index (χ3v) is 4.26. The van der Waals surface area contributed by atoms with Crippen molar-refractivity contribution in [3.63, 3.8) is 0 Å². The average Bonchev–Trinajstić information content (AvgIpc) is 2.55. The number of carbonyl (C=O) groups excluding carboxylic acids is 2. The summed E-state index contributed by atoms with van der Waals surface area (Å²) in [6.07, 6.45) is 0.175. The van der Waals surface area contributed by atoms with E-state index < -0.39 is 17.4 Å². The molecule has 3 N–H and O–H groups in total. The molecule has 24 heavy (non-hydrogen) atoms. The highest BCUT2D eigenvalue weighted by Crippen LogP contribution is 2.20. The Bertz CT molecular complexity index is 339. The molecule has 1 atom stereocenters. The molecule has 0 heterocycles. The summed E-state index contributed by atoms with van der Waals surface area (Å²) in [5.74, 6) is 1.42. The van der Waals surface area contributed by atoms with Gasteiger partial charge in [0.1, 0.15) is 6.10 Å². The minimum Gasteiger partial charge on any atom is -0.384 e. The molecule has 1 unspecified atom stereocenters. The molecule has 0 aromatic carbocycles. The van der Waals surface area contributed by atoms with E-state index in [-0.39, 0.29) is 25.5 Å². The van der Waals surface area contributed by atoms with Gasteiger partial charge < -0.3 is 20.5 Å². The Labute approximate surface area is 151 Å². The molecule has 0 aromatic rings. The molecule has 0 saturated heterocycles. The molecule has 0 fully saturated rings. The first-order chi connectivity index (χ1) is 11.3. The van der Waals surface area contributed by atoms with Crippen LogP contribution in [0.25, 0.3) is 0 Å². The van der Waals surface area contributed by atoms with Gasteiger partial charge in [-0.3, -0.25) is 9.59 Å². The standard InChI is InChI=1S/C15H30N2O4S.C2H6/c1-5-9-22-10-8-16-12(18)6-7-17-14(20)13(19)15(2,3)11-21-4;1-2/h13,19H,5-11H2,1-4H3,(H,16,18)(H,17,20);1-2H3. The molecule has 144 valence electrons. The number of rotatable bonds is 12. The van der Waals surface area contributed by atoms with Crippen molar-refractivity contribution in [1.29, 1.82) is 0 Å². The zero-order valence-corrected chi connectivity index (χ0v) is 16.9. The molecule has 6 nitrogen and oxygen atoms in total. The summed E-state index contributed by atoms with van der Waals surface area (Å²) in [7, 11) is 1.52. The van der Waals surface area contributed by atoms with Crippen molar-refractivity contribution in [3.8, 4) is 0 Å².